The molecule has 24 nitrogen and oxygen atoms in total. The summed E-state index contributed by atoms with van der Waals surface area (Å²) in [6.07, 6.45) is 6.37. The van der Waals surface area contributed by atoms with Crippen molar-refractivity contribution in [3.05, 3.63) is 192 Å². The second-order valence-electron chi connectivity index (χ2n) is 22.6. The highest BCUT2D eigenvalue weighted by Gasteiger charge is 2.52. The lowest BCUT2D eigenvalue weighted by Crippen LogP contribution is -2.41. The van der Waals surface area contributed by atoms with Crippen molar-refractivity contribution in [3.8, 4) is 80.3 Å². The molecule has 5 aliphatic rings. The highest BCUT2D eigenvalue weighted by atomic mass is 127. The summed E-state index contributed by atoms with van der Waals surface area (Å²) in [5, 5.41) is 3.15. The van der Waals surface area contributed by atoms with Crippen molar-refractivity contribution in [1.29, 1.82) is 0 Å². The average Bonchev–Trinajstić information content (AvgIpc) is 1.62. The molecule has 0 spiro atoms. The Kier molecular flexibility index (Phi) is 25.2. The molecule has 0 saturated carbocycles. The number of aromatic nitrogens is 8. The van der Waals surface area contributed by atoms with Crippen LogP contribution in [0.4, 0.5) is 40.8 Å². The largest absolute Gasteiger partial charge is 0.496 e. The van der Waals surface area contributed by atoms with E-state index in [-0.39, 0.29) is 24.1 Å². The Balaban J connectivity index is 0.000000137. The smallest absolute Gasteiger partial charge is 0.484 e. The molecule has 15 rings (SSSR count). The summed E-state index contributed by atoms with van der Waals surface area (Å²) < 4.78 is 108. The van der Waals surface area contributed by atoms with Crippen LogP contribution in [0.2, 0.25) is 20.1 Å². The fourth-order valence-corrected chi connectivity index (χ4v) is 10.7. The Morgan fingerprint density at radius 2 is 0.796 bits per heavy atom. The molecule has 13 heterocycles. The Bertz CT molecular complexity index is 4520. The Morgan fingerprint density at radius 1 is 0.456 bits per heavy atom. The van der Waals surface area contributed by atoms with E-state index in [2.05, 4.69) is 67.8 Å². The van der Waals surface area contributed by atoms with E-state index in [1.165, 1.54) is 18.3 Å². The van der Waals surface area contributed by atoms with Crippen molar-refractivity contribution in [2.45, 2.75) is 38.9 Å². The molecule has 35 heteroatoms. The molecule has 2 aromatic carbocycles. The van der Waals surface area contributed by atoms with E-state index in [4.69, 9.17) is 122 Å². The van der Waals surface area contributed by atoms with E-state index >= 15 is 0 Å². The second kappa shape index (κ2) is 34.2. The number of anilines is 4. The van der Waals surface area contributed by atoms with Crippen LogP contribution in [0.25, 0.3) is 33.8 Å². The summed E-state index contributed by atoms with van der Waals surface area (Å²) in [5.41, 5.74) is 19.3. The van der Waals surface area contributed by atoms with E-state index in [1.54, 1.807) is 67.1 Å². The van der Waals surface area contributed by atoms with Gasteiger partial charge in [0.1, 0.15) is 114 Å². The van der Waals surface area contributed by atoms with Gasteiger partial charge >= 0.3 is 7.12 Å². The van der Waals surface area contributed by atoms with Gasteiger partial charge in [-0.2, -0.15) is 0 Å². The van der Waals surface area contributed by atoms with Crippen LogP contribution in [0, 0.1) is 27.0 Å². The molecule has 0 aliphatic carbocycles. The lowest BCUT2D eigenvalue weighted by molar-refractivity contribution is 0.00578. The number of ether oxygens (including phenoxy) is 8. The average molecular weight is 1630 g/mol. The minimum atomic E-state index is -1.12. The molecular weight excluding hydrogens is 1570 g/mol. The lowest BCUT2D eigenvalue weighted by Gasteiger charge is -2.32. The van der Waals surface area contributed by atoms with Gasteiger partial charge in [0.25, 0.3) is 34.7 Å². The fraction of sp³-hybridized carbons (Fsp3) is 0.206. The predicted octanol–water partition coefficient (Wildman–Crippen LogP) is 13.8. The second-order valence-corrected chi connectivity index (χ2v) is 25.6. The van der Waals surface area contributed by atoms with Crippen molar-refractivity contribution < 1.29 is 74.4 Å². The Morgan fingerprint density at radius 3 is 1.14 bits per heavy atom. The third kappa shape index (κ3) is 19.4. The number of nitrogen functional groups attached to an aromatic ring is 3. The summed E-state index contributed by atoms with van der Waals surface area (Å²) in [6, 6.07) is 26.8. The minimum absolute atomic E-state index is 0.116. The van der Waals surface area contributed by atoms with Crippen LogP contribution in [-0.4, -0.2) is 122 Å². The maximum absolute atomic E-state index is 13.7. The number of pyridine rings is 8. The van der Waals surface area contributed by atoms with Gasteiger partial charge < -0.3 is 69.7 Å². The number of rotatable bonds is 7. The van der Waals surface area contributed by atoms with Crippen molar-refractivity contribution in [2.75, 3.05) is 75.4 Å². The van der Waals surface area contributed by atoms with E-state index in [9.17, 15) is 27.2 Å². The maximum Gasteiger partial charge on any atom is 0.496 e. The molecule has 0 bridgehead atoms. The van der Waals surface area contributed by atoms with Crippen LogP contribution >= 0.6 is 80.6 Å². The van der Waals surface area contributed by atoms with Gasteiger partial charge in [0.15, 0.2) is 23.0 Å². The van der Waals surface area contributed by atoms with E-state index in [1.807, 2.05) is 45.9 Å². The highest BCUT2D eigenvalue weighted by molar-refractivity contribution is 14.1. The summed E-state index contributed by atoms with van der Waals surface area (Å²) in [5.74, 6) is 0.796. The number of nitrogens with zero attached hydrogens (tertiary/aromatic N) is 8. The zero-order chi connectivity index (χ0) is 73.7. The number of carbonyl (C=O) groups excluding carboxylic acids is 2. The number of nitrogens with one attached hydrogen (secondary N) is 1. The molecule has 103 heavy (non-hydrogen) atoms. The molecule has 534 valence electrons. The molecule has 1 fully saturated rings. The van der Waals surface area contributed by atoms with Crippen molar-refractivity contribution in [1.82, 2.24) is 39.9 Å². The summed E-state index contributed by atoms with van der Waals surface area (Å²) in [4.78, 5) is 55.8. The summed E-state index contributed by atoms with van der Waals surface area (Å²) >= 11 is 31.4. The number of benzene rings is 2. The summed E-state index contributed by atoms with van der Waals surface area (Å²) in [7, 11) is -0.363. The molecule has 1 amide bonds. The van der Waals surface area contributed by atoms with E-state index < -0.39 is 45.5 Å². The number of halogens is 10. The predicted molar refractivity (Wildman–Crippen MR) is 387 cm³/mol. The number of carbonyl (C=O) groups is 2. The summed E-state index contributed by atoms with van der Waals surface area (Å²) in [6.45, 7) is 12.0. The zero-order valence-corrected chi connectivity index (χ0v) is 60.4. The van der Waals surface area contributed by atoms with Crippen molar-refractivity contribution >= 4 is 128 Å². The molecule has 0 radical (unpaired) electrons. The number of fused-ring (bicyclic) bond motifs is 4. The van der Waals surface area contributed by atoms with Gasteiger partial charge in [-0.3, -0.25) is 9.59 Å². The van der Waals surface area contributed by atoms with E-state index in [0.717, 1.165) is 50.6 Å². The first kappa shape index (κ1) is 76.1. The van der Waals surface area contributed by atoms with E-state index in [0.29, 0.717) is 160 Å². The van der Waals surface area contributed by atoms with Gasteiger partial charge in [0.2, 0.25) is 0 Å². The highest BCUT2D eigenvalue weighted by Crippen LogP contribution is 2.41. The Hall–Kier alpha value is -9.54. The van der Waals surface area contributed by atoms with Gasteiger partial charge in [-0.1, -0.05) is 64.6 Å². The standard InChI is InChI=1S/C19H12ClF2N3O3.2C12H10ClN3O2.C11H17BN2O2.C7H3ClF2O.C7H5ClINO2/c20-11-8-14-19(28-7-6-27-14)25-17(11)10-4-5-15(23-9-10)24-18(26)16-12(21)2-1-3-13(16)22;2*13-8-5-9-12(18-4-3-17-9)16-11(8)7-1-2-10(14)15-6-7;1-10(2)11(3,4)16-12(15-10)8-5-6-9(13)14-7-8;8-7(11)6-4(9)2-1-3-5(6)10;8-4-3-5-7(10-6(4)9)12-2-1-11-5/h1-5,8-9H,6-7H2,(H,23,24,26);2*1-2,5-6H,3-4H2,(H2,14,15);5-7H,1-4H3,(H2,13,14);1-3H;3H,1-2H2. The quantitative estimate of drug-likeness (QED) is 0.0379. The first-order valence-electron chi connectivity index (χ1n) is 30.6. The van der Waals surface area contributed by atoms with Gasteiger partial charge in [-0.15, -0.1) is 0 Å². The van der Waals surface area contributed by atoms with Crippen LogP contribution < -0.4 is 65.9 Å². The van der Waals surface area contributed by atoms with Crippen LogP contribution in [0.1, 0.15) is 48.4 Å². The molecular formula is C68H57BCl5F4IN12O12. The molecule has 0 atom stereocenters. The van der Waals surface area contributed by atoms with Crippen LogP contribution in [0.5, 0.6) is 46.5 Å². The molecule has 7 N–H and O–H groups in total. The molecule has 1 saturated heterocycles. The third-order valence-electron chi connectivity index (χ3n) is 15.0. The first-order valence-corrected chi connectivity index (χ1v) is 33.6. The normalized spacial score (nSPS) is 14.3. The minimum Gasteiger partial charge on any atom is -0.484 e. The number of amides is 1. The van der Waals surface area contributed by atoms with Crippen molar-refractivity contribution in [3.63, 3.8) is 0 Å². The van der Waals surface area contributed by atoms with Gasteiger partial charge in [-0.05, 0) is 129 Å². The van der Waals surface area contributed by atoms with Gasteiger partial charge in [0.05, 0.1) is 48.4 Å². The monoisotopic (exact) mass is 1620 g/mol. The fourth-order valence-electron chi connectivity index (χ4n) is 9.21. The van der Waals surface area contributed by atoms with Crippen molar-refractivity contribution in [2.24, 2.45) is 0 Å². The van der Waals surface area contributed by atoms with Crippen LogP contribution in [-0.2, 0) is 9.31 Å². The molecule has 5 aliphatic heterocycles. The number of hydrogen-bond acceptors (Lipinski definition) is 23. The van der Waals surface area contributed by atoms with Crippen LogP contribution in [0.3, 0.4) is 0 Å². The SMILES string of the molecule is CC1(C)OB(c2ccc(N)nc2)OC1(C)C.Clc1cc2c(nc1I)OCCO2.Nc1ccc(-c2nc3c(cc2Cl)OCCO3)cn1.Nc1ccc(-c2nc3c(cc2Cl)OCCO3)cn1.O=C(Cl)c1c(F)cccc1F.O=C(Nc1ccc(-c2nc3c(cc2Cl)OCCO3)cn1)c1c(F)cccc1F. The van der Waals surface area contributed by atoms with Gasteiger partial charge in [0, 0.05) is 71.2 Å². The number of hydrogen-bond donors (Lipinski definition) is 4. The Labute approximate surface area is 624 Å². The molecule has 8 aromatic heterocycles. The third-order valence-corrected chi connectivity index (χ3v) is 17.5. The zero-order valence-electron chi connectivity index (χ0n) is 54.4. The number of nitrogens with two attached hydrogens (primary N) is 3. The lowest BCUT2D eigenvalue weighted by atomic mass is 9.80. The molecule has 0 unspecified atom stereocenters. The van der Waals surface area contributed by atoms with Crippen LogP contribution in [0.15, 0.2) is 134 Å². The first-order chi connectivity index (χ1) is 49.2. The molecule has 10 aromatic rings. The maximum atomic E-state index is 13.7. The van der Waals surface area contributed by atoms with Gasteiger partial charge in [-0.25, -0.2) is 57.4 Å². The topological polar surface area (TPSA) is 320 Å².